The molecule has 4 rings (SSSR count). The molecule has 1 fully saturated rings. The highest BCUT2D eigenvalue weighted by molar-refractivity contribution is 7.18. The quantitative estimate of drug-likeness (QED) is 0.451. The number of fused-ring (bicyclic) bond motifs is 3. The van der Waals surface area contributed by atoms with E-state index in [4.69, 9.17) is 0 Å². The lowest BCUT2D eigenvalue weighted by molar-refractivity contribution is -0.123. The van der Waals surface area contributed by atoms with Crippen LogP contribution in [-0.4, -0.2) is 83.5 Å². The standard InChI is InChI=1S/C25H38N6O3S/c1-2-29-13-15-30(16-14-29)12-6-11-26-21(32)9-5-10-27-22(33)17-31-18-28-24-23(25(31)34)19-7-3-4-8-20(19)35-24/h18H,2-17H2,1H3,(H,26,32)(H,27,33). The predicted octanol–water partition coefficient (Wildman–Crippen LogP) is 1.38. The first kappa shape index (κ1) is 25.8. The Balaban J connectivity index is 1.11. The number of nitrogens with zero attached hydrogens (tertiary/aromatic N) is 4. The van der Waals surface area contributed by atoms with E-state index >= 15 is 0 Å². The first-order valence-electron chi connectivity index (χ1n) is 13.0. The SMILES string of the molecule is CCN1CCN(CCCNC(=O)CCCNC(=O)Cn2cnc3sc4c(c3c2=O)CCCC4)CC1. The minimum Gasteiger partial charge on any atom is -0.356 e. The van der Waals surface area contributed by atoms with Gasteiger partial charge < -0.3 is 20.4 Å². The van der Waals surface area contributed by atoms with Crippen molar-refractivity contribution in [3.8, 4) is 0 Å². The molecule has 0 radical (unpaired) electrons. The third-order valence-electron chi connectivity index (χ3n) is 7.04. The van der Waals surface area contributed by atoms with Crippen LogP contribution in [0.25, 0.3) is 10.2 Å². The molecule has 2 N–H and O–H groups in total. The number of likely N-dealkylation sites (N-methyl/N-ethyl adjacent to an activating group) is 1. The fourth-order valence-electron chi connectivity index (χ4n) is 4.93. The Morgan fingerprint density at radius 1 is 1.00 bits per heavy atom. The number of carbonyl (C=O) groups is 2. The summed E-state index contributed by atoms with van der Waals surface area (Å²) < 4.78 is 1.40. The van der Waals surface area contributed by atoms with E-state index in [2.05, 4.69) is 32.3 Å². The van der Waals surface area contributed by atoms with Crippen LogP contribution in [0.3, 0.4) is 0 Å². The Bertz CT molecular complexity index is 1070. The summed E-state index contributed by atoms with van der Waals surface area (Å²) in [5.41, 5.74) is 1.00. The zero-order valence-corrected chi connectivity index (χ0v) is 21.6. The van der Waals surface area contributed by atoms with Gasteiger partial charge in [-0.2, -0.15) is 0 Å². The van der Waals surface area contributed by atoms with Gasteiger partial charge >= 0.3 is 0 Å². The van der Waals surface area contributed by atoms with E-state index in [1.165, 1.54) is 15.8 Å². The lowest BCUT2D eigenvalue weighted by atomic mass is 9.97. The van der Waals surface area contributed by atoms with Gasteiger partial charge in [0.15, 0.2) is 0 Å². The van der Waals surface area contributed by atoms with Gasteiger partial charge in [0, 0.05) is 50.6 Å². The molecule has 3 heterocycles. The van der Waals surface area contributed by atoms with Crippen LogP contribution in [0.4, 0.5) is 0 Å². The molecule has 10 heteroatoms. The molecule has 0 bridgehead atoms. The van der Waals surface area contributed by atoms with Gasteiger partial charge in [-0.25, -0.2) is 4.98 Å². The molecule has 35 heavy (non-hydrogen) atoms. The summed E-state index contributed by atoms with van der Waals surface area (Å²) in [5.74, 6) is -0.218. The molecule has 1 aliphatic carbocycles. The Hall–Kier alpha value is -2.30. The van der Waals surface area contributed by atoms with E-state index in [-0.39, 0.29) is 23.9 Å². The van der Waals surface area contributed by atoms with Gasteiger partial charge in [-0.1, -0.05) is 6.92 Å². The number of nitrogens with one attached hydrogen (secondary N) is 2. The van der Waals surface area contributed by atoms with Crippen molar-refractivity contribution < 1.29 is 9.59 Å². The Labute approximate surface area is 210 Å². The van der Waals surface area contributed by atoms with Gasteiger partial charge in [-0.15, -0.1) is 11.3 Å². The van der Waals surface area contributed by atoms with Gasteiger partial charge in [-0.05, 0) is 57.2 Å². The number of hydrogen-bond donors (Lipinski definition) is 2. The highest BCUT2D eigenvalue weighted by Gasteiger charge is 2.20. The van der Waals surface area contributed by atoms with Gasteiger partial charge in [0.25, 0.3) is 5.56 Å². The summed E-state index contributed by atoms with van der Waals surface area (Å²) in [6, 6.07) is 0. The largest absolute Gasteiger partial charge is 0.356 e. The van der Waals surface area contributed by atoms with Crippen molar-refractivity contribution in [3.05, 3.63) is 27.1 Å². The topological polar surface area (TPSA) is 99.6 Å². The Morgan fingerprint density at radius 2 is 1.71 bits per heavy atom. The zero-order chi connectivity index (χ0) is 24.6. The van der Waals surface area contributed by atoms with E-state index in [1.807, 2.05) is 0 Å². The maximum atomic E-state index is 13.0. The fraction of sp³-hybridized carbons (Fsp3) is 0.680. The van der Waals surface area contributed by atoms with Crippen LogP contribution in [0.15, 0.2) is 11.1 Å². The van der Waals surface area contributed by atoms with Gasteiger partial charge in [0.05, 0.1) is 11.7 Å². The summed E-state index contributed by atoms with van der Waals surface area (Å²) in [7, 11) is 0. The lowest BCUT2D eigenvalue weighted by Gasteiger charge is -2.33. The number of carbonyl (C=O) groups excluding carboxylic acids is 2. The van der Waals surface area contributed by atoms with Crippen molar-refractivity contribution >= 4 is 33.4 Å². The smallest absolute Gasteiger partial charge is 0.262 e. The number of aromatic nitrogens is 2. The van der Waals surface area contributed by atoms with Crippen molar-refractivity contribution in [3.63, 3.8) is 0 Å². The lowest BCUT2D eigenvalue weighted by Crippen LogP contribution is -2.46. The van der Waals surface area contributed by atoms with Crippen molar-refractivity contribution in [2.75, 3.05) is 52.4 Å². The van der Waals surface area contributed by atoms with Crippen LogP contribution in [0.1, 0.15) is 49.5 Å². The van der Waals surface area contributed by atoms with Gasteiger partial charge in [-0.3, -0.25) is 19.0 Å². The number of amides is 2. The van der Waals surface area contributed by atoms with Crippen molar-refractivity contribution in [2.24, 2.45) is 0 Å². The minimum atomic E-state index is -0.235. The molecule has 0 unspecified atom stereocenters. The van der Waals surface area contributed by atoms with Crippen LogP contribution in [-0.2, 0) is 29.0 Å². The van der Waals surface area contributed by atoms with Crippen molar-refractivity contribution in [1.29, 1.82) is 0 Å². The monoisotopic (exact) mass is 502 g/mol. The first-order valence-corrected chi connectivity index (χ1v) is 13.8. The molecule has 0 spiro atoms. The first-order chi connectivity index (χ1) is 17.0. The van der Waals surface area contributed by atoms with Crippen molar-refractivity contribution in [1.82, 2.24) is 30.0 Å². The number of thiophene rings is 1. The predicted molar refractivity (Wildman–Crippen MR) is 139 cm³/mol. The fourth-order valence-corrected chi connectivity index (χ4v) is 6.15. The Kier molecular flexibility index (Phi) is 9.28. The van der Waals surface area contributed by atoms with Crippen LogP contribution in [0, 0.1) is 0 Å². The van der Waals surface area contributed by atoms with Crippen LogP contribution >= 0.6 is 11.3 Å². The Morgan fingerprint density at radius 3 is 2.51 bits per heavy atom. The minimum absolute atomic E-state index is 0.0168. The molecule has 192 valence electrons. The van der Waals surface area contributed by atoms with Gasteiger partial charge in [0.1, 0.15) is 11.4 Å². The molecule has 0 saturated carbocycles. The number of aryl methyl sites for hydroxylation is 2. The van der Waals surface area contributed by atoms with Crippen molar-refractivity contribution in [2.45, 2.75) is 58.4 Å². The van der Waals surface area contributed by atoms with E-state index in [1.54, 1.807) is 11.3 Å². The average Bonchev–Trinajstić information content (AvgIpc) is 3.26. The normalized spacial score (nSPS) is 16.8. The van der Waals surface area contributed by atoms with E-state index in [0.29, 0.717) is 31.3 Å². The molecule has 2 aromatic heterocycles. The zero-order valence-electron chi connectivity index (χ0n) is 20.8. The van der Waals surface area contributed by atoms with Crippen LogP contribution < -0.4 is 16.2 Å². The maximum Gasteiger partial charge on any atom is 0.262 e. The molecule has 0 atom stereocenters. The highest BCUT2D eigenvalue weighted by atomic mass is 32.1. The van der Waals surface area contributed by atoms with E-state index in [9.17, 15) is 14.4 Å². The molecule has 2 amide bonds. The summed E-state index contributed by atoms with van der Waals surface area (Å²) in [5, 5.41) is 6.49. The third-order valence-corrected chi connectivity index (χ3v) is 8.24. The maximum absolute atomic E-state index is 13.0. The molecular weight excluding hydrogens is 464 g/mol. The molecule has 1 saturated heterocycles. The molecule has 2 aromatic rings. The third kappa shape index (κ3) is 6.89. The van der Waals surface area contributed by atoms with Crippen LogP contribution in [0.5, 0.6) is 0 Å². The molecular formula is C25H38N6O3S. The van der Waals surface area contributed by atoms with Crippen LogP contribution in [0.2, 0.25) is 0 Å². The second kappa shape index (κ2) is 12.6. The number of hydrogen-bond acceptors (Lipinski definition) is 7. The molecule has 1 aliphatic heterocycles. The summed E-state index contributed by atoms with van der Waals surface area (Å²) in [6.07, 6.45) is 7.56. The summed E-state index contributed by atoms with van der Waals surface area (Å²) in [6.45, 7) is 9.84. The number of piperazine rings is 1. The molecule has 2 aliphatic rings. The van der Waals surface area contributed by atoms with Gasteiger partial charge in [0.2, 0.25) is 11.8 Å². The second-order valence-corrected chi connectivity index (χ2v) is 10.6. The highest BCUT2D eigenvalue weighted by Crippen LogP contribution is 2.33. The summed E-state index contributed by atoms with van der Waals surface area (Å²) >= 11 is 1.61. The van der Waals surface area contributed by atoms with E-state index < -0.39 is 0 Å². The average molecular weight is 503 g/mol. The molecule has 9 nitrogen and oxygen atoms in total. The molecule has 0 aromatic carbocycles. The van der Waals surface area contributed by atoms with E-state index in [0.717, 1.165) is 81.8 Å². The second-order valence-electron chi connectivity index (χ2n) is 9.50. The number of rotatable bonds is 11. The summed E-state index contributed by atoms with van der Waals surface area (Å²) in [4.78, 5) is 48.8.